The van der Waals surface area contributed by atoms with E-state index >= 15 is 0 Å². The number of nitrogens with one attached hydrogen (secondary N) is 1. The second kappa shape index (κ2) is 9.62. The summed E-state index contributed by atoms with van der Waals surface area (Å²) in [6, 6.07) is 6.09. The van der Waals surface area contributed by atoms with Crippen LogP contribution in [-0.2, 0) is 14.3 Å². The number of hydrogen-bond donors (Lipinski definition) is 1. The Hall–Kier alpha value is -2.24. The molecule has 1 unspecified atom stereocenters. The summed E-state index contributed by atoms with van der Waals surface area (Å²) >= 11 is 0. The van der Waals surface area contributed by atoms with E-state index in [0.29, 0.717) is 17.9 Å². The van der Waals surface area contributed by atoms with E-state index in [1.165, 1.54) is 7.11 Å². The second-order valence-electron chi connectivity index (χ2n) is 8.37. The van der Waals surface area contributed by atoms with Gasteiger partial charge in [-0.25, -0.2) is 9.59 Å². The van der Waals surface area contributed by atoms with Gasteiger partial charge in [0.15, 0.2) is 6.04 Å². The Balaban J connectivity index is 2.83. The molecular formula is C21H33NO5. The Morgan fingerprint density at radius 2 is 1.67 bits per heavy atom. The lowest BCUT2D eigenvalue weighted by atomic mass is 9.89. The molecule has 0 aliphatic rings. The van der Waals surface area contributed by atoms with Gasteiger partial charge in [-0.2, -0.15) is 0 Å². The summed E-state index contributed by atoms with van der Waals surface area (Å²) in [5.41, 5.74) is 0.0291. The fraction of sp³-hybridized carbons (Fsp3) is 0.619. The minimum atomic E-state index is -0.949. The third-order valence-corrected chi connectivity index (χ3v) is 3.87. The van der Waals surface area contributed by atoms with Crippen molar-refractivity contribution in [3.8, 4) is 5.75 Å². The number of hydrogen-bond acceptors (Lipinski definition) is 5. The van der Waals surface area contributed by atoms with Gasteiger partial charge in [-0.15, -0.1) is 0 Å². The van der Waals surface area contributed by atoms with Crippen LogP contribution in [0.1, 0.15) is 66.0 Å². The topological polar surface area (TPSA) is 73.9 Å². The van der Waals surface area contributed by atoms with E-state index < -0.39 is 23.7 Å². The van der Waals surface area contributed by atoms with E-state index in [-0.39, 0.29) is 5.41 Å². The van der Waals surface area contributed by atoms with Crippen LogP contribution < -0.4 is 10.1 Å². The summed E-state index contributed by atoms with van der Waals surface area (Å²) in [5.74, 6) is 0.141. The number of carbonyl (C=O) groups excluding carboxylic acids is 2. The summed E-state index contributed by atoms with van der Waals surface area (Å²) < 4.78 is 15.9. The van der Waals surface area contributed by atoms with Crippen molar-refractivity contribution in [1.82, 2.24) is 5.32 Å². The van der Waals surface area contributed by atoms with Crippen molar-refractivity contribution in [2.45, 2.75) is 66.0 Å². The lowest BCUT2D eigenvalue weighted by Crippen LogP contribution is -2.38. The molecule has 0 aromatic heterocycles. The SMILES string of the molecule is CCCC(C)(C)COc1ccc(C(NC(=O)OC(C)(C)C)C(=O)OC)cc1. The van der Waals surface area contributed by atoms with Gasteiger partial charge in [0.05, 0.1) is 13.7 Å². The molecule has 152 valence electrons. The van der Waals surface area contributed by atoms with Crippen LogP contribution >= 0.6 is 0 Å². The van der Waals surface area contributed by atoms with Crippen molar-refractivity contribution in [3.63, 3.8) is 0 Å². The molecule has 1 amide bonds. The maximum Gasteiger partial charge on any atom is 0.408 e. The van der Waals surface area contributed by atoms with E-state index in [1.807, 2.05) is 0 Å². The van der Waals surface area contributed by atoms with Gasteiger partial charge >= 0.3 is 12.1 Å². The van der Waals surface area contributed by atoms with Gasteiger partial charge in [-0.1, -0.05) is 39.3 Å². The number of alkyl carbamates (subject to hydrolysis) is 1. The predicted octanol–water partition coefficient (Wildman–Crippen LogP) is 4.63. The third kappa shape index (κ3) is 8.33. The number of carbonyl (C=O) groups is 2. The monoisotopic (exact) mass is 379 g/mol. The molecule has 0 saturated carbocycles. The van der Waals surface area contributed by atoms with Gasteiger partial charge in [-0.05, 0) is 50.3 Å². The molecular weight excluding hydrogens is 346 g/mol. The van der Waals surface area contributed by atoms with Gasteiger partial charge in [0.2, 0.25) is 0 Å². The molecule has 0 fully saturated rings. The fourth-order valence-electron chi connectivity index (χ4n) is 2.61. The van der Waals surface area contributed by atoms with Crippen LogP contribution in [0.4, 0.5) is 4.79 Å². The quantitative estimate of drug-likeness (QED) is 0.667. The first-order valence-electron chi connectivity index (χ1n) is 9.27. The smallest absolute Gasteiger partial charge is 0.408 e. The molecule has 1 rings (SSSR count). The zero-order chi connectivity index (χ0) is 20.7. The van der Waals surface area contributed by atoms with Crippen LogP contribution in [0, 0.1) is 5.41 Å². The van der Waals surface area contributed by atoms with Crippen molar-refractivity contribution in [2.24, 2.45) is 5.41 Å². The van der Waals surface area contributed by atoms with Crippen molar-refractivity contribution in [3.05, 3.63) is 29.8 Å². The van der Waals surface area contributed by atoms with Gasteiger partial charge in [0.1, 0.15) is 11.4 Å². The molecule has 6 nitrogen and oxygen atoms in total. The number of amides is 1. The highest BCUT2D eigenvalue weighted by atomic mass is 16.6. The molecule has 0 aliphatic heterocycles. The minimum absolute atomic E-state index is 0.0975. The van der Waals surface area contributed by atoms with Gasteiger partial charge in [-0.3, -0.25) is 0 Å². The standard InChI is InChI=1S/C21H33NO5/c1-8-13-21(5,6)14-26-16-11-9-15(10-12-16)17(18(23)25-7)22-19(24)27-20(2,3)4/h9-12,17H,8,13-14H2,1-7H3,(H,22,24). The fourth-order valence-corrected chi connectivity index (χ4v) is 2.61. The highest BCUT2D eigenvalue weighted by Crippen LogP contribution is 2.25. The Bertz CT molecular complexity index is 616. The number of methoxy groups -OCH3 is 1. The molecule has 1 aromatic carbocycles. The number of benzene rings is 1. The molecule has 27 heavy (non-hydrogen) atoms. The van der Waals surface area contributed by atoms with E-state index in [2.05, 4.69) is 26.1 Å². The van der Waals surface area contributed by atoms with E-state index in [4.69, 9.17) is 14.2 Å². The van der Waals surface area contributed by atoms with Crippen LogP contribution in [0.3, 0.4) is 0 Å². The summed E-state index contributed by atoms with van der Waals surface area (Å²) in [7, 11) is 1.28. The minimum Gasteiger partial charge on any atom is -0.493 e. The predicted molar refractivity (Wildman–Crippen MR) is 105 cm³/mol. The molecule has 0 saturated heterocycles. The molecule has 1 atom stereocenters. The first kappa shape index (κ1) is 22.8. The highest BCUT2D eigenvalue weighted by molar-refractivity contribution is 5.82. The molecule has 0 spiro atoms. The summed E-state index contributed by atoms with van der Waals surface area (Å²) in [6.45, 7) is 12.4. The summed E-state index contributed by atoms with van der Waals surface area (Å²) in [4.78, 5) is 24.1. The van der Waals surface area contributed by atoms with Crippen LogP contribution in [0.25, 0.3) is 0 Å². The number of esters is 1. The van der Waals surface area contributed by atoms with Gasteiger partial charge < -0.3 is 19.5 Å². The largest absolute Gasteiger partial charge is 0.493 e. The first-order chi connectivity index (χ1) is 12.5. The number of ether oxygens (including phenoxy) is 3. The van der Waals surface area contributed by atoms with Gasteiger partial charge in [0.25, 0.3) is 0 Å². The summed E-state index contributed by atoms with van der Waals surface area (Å²) in [6.07, 6.45) is 1.50. The molecule has 1 aromatic rings. The van der Waals surface area contributed by atoms with E-state index in [0.717, 1.165) is 12.8 Å². The molecule has 0 bridgehead atoms. The normalized spacial score (nSPS) is 12.9. The van der Waals surface area contributed by atoms with Gasteiger partial charge in [0, 0.05) is 0 Å². The van der Waals surface area contributed by atoms with Crippen molar-refractivity contribution >= 4 is 12.1 Å². The number of rotatable bonds is 8. The zero-order valence-corrected chi connectivity index (χ0v) is 17.5. The van der Waals surface area contributed by atoms with Crippen LogP contribution in [-0.4, -0.2) is 31.4 Å². The van der Waals surface area contributed by atoms with Crippen LogP contribution in [0.15, 0.2) is 24.3 Å². The lowest BCUT2D eigenvalue weighted by Gasteiger charge is -2.24. The lowest BCUT2D eigenvalue weighted by molar-refractivity contribution is -0.143. The molecule has 0 radical (unpaired) electrons. The Morgan fingerprint density at radius 1 is 1.07 bits per heavy atom. The van der Waals surface area contributed by atoms with Crippen molar-refractivity contribution in [2.75, 3.05) is 13.7 Å². The van der Waals surface area contributed by atoms with Crippen LogP contribution in [0.2, 0.25) is 0 Å². The molecule has 1 N–H and O–H groups in total. The Morgan fingerprint density at radius 3 is 2.15 bits per heavy atom. The zero-order valence-electron chi connectivity index (χ0n) is 17.5. The third-order valence-electron chi connectivity index (χ3n) is 3.87. The highest BCUT2D eigenvalue weighted by Gasteiger charge is 2.26. The average molecular weight is 379 g/mol. The molecule has 6 heteroatoms. The summed E-state index contributed by atoms with van der Waals surface area (Å²) in [5, 5.41) is 2.56. The average Bonchev–Trinajstić information content (AvgIpc) is 2.56. The Labute approximate surface area is 162 Å². The molecule has 0 aliphatic carbocycles. The van der Waals surface area contributed by atoms with E-state index in [9.17, 15) is 9.59 Å². The maximum atomic E-state index is 12.1. The first-order valence-corrected chi connectivity index (χ1v) is 9.27. The molecule has 0 heterocycles. The van der Waals surface area contributed by atoms with E-state index in [1.54, 1.807) is 45.0 Å². The maximum absolute atomic E-state index is 12.1. The van der Waals surface area contributed by atoms with Crippen molar-refractivity contribution in [1.29, 1.82) is 0 Å². The Kier molecular flexibility index (Phi) is 8.13. The van der Waals surface area contributed by atoms with Crippen molar-refractivity contribution < 1.29 is 23.8 Å². The van der Waals surface area contributed by atoms with Crippen LogP contribution in [0.5, 0.6) is 5.75 Å². The second-order valence-corrected chi connectivity index (χ2v) is 8.37.